The van der Waals surface area contributed by atoms with E-state index in [0.29, 0.717) is 19.1 Å². The van der Waals surface area contributed by atoms with E-state index in [1.165, 1.54) is 39.2 Å². The molecule has 1 heterocycles. The molecule has 0 aromatic carbocycles. The summed E-state index contributed by atoms with van der Waals surface area (Å²) in [7, 11) is 1.42. The normalized spacial score (nSPS) is 16.6. The first kappa shape index (κ1) is 15.0. The third-order valence-electron chi connectivity index (χ3n) is 4.03. The number of likely N-dealkylation sites (N-methyl/N-ethyl adjacent to an activating group) is 1. The molecule has 2 rings (SSSR count). The molecule has 0 bridgehead atoms. The van der Waals surface area contributed by atoms with Gasteiger partial charge in [-0.2, -0.15) is 5.10 Å². The van der Waals surface area contributed by atoms with Crippen molar-refractivity contribution in [1.29, 1.82) is 0 Å². The Kier molecular flexibility index (Phi) is 5.59. The van der Waals surface area contributed by atoms with Crippen LogP contribution in [0.15, 0.2) is 12.3 Å². The van der Waals surface area contributed by atoms with E-state index in [1.54, 1.807) is 0 Å². The zero-order valence-corrected chi connectivity index (χ0v) is 12.5. The average molecular weight is 279 g/mol. The summed E-state index contributed by atoms with van der Waals surface area (Å²) in [5.74, 6) is -0.196. The van der Waals surface area contributed by atoms with Crippen LogP contribution in [0.3, 0.4) is 0 Å². The van der Waals surface area contributed by atoms with Gasteiger partial charge in [-0.3, -0.25) is 14.4 Å². The maximum absolute atomic E-state index is 11.3. The molecule has 0 spiro atoms. The third kappa shape index (κ3) is 4.07. The smallest absolute Gasteiger partial charge is 0.319 e. The highest BCUT2D eigenvalue weighted by molar-refractivity contribution is 5.71. The maximum atomic E-state index is 11.3. The molecule has 5 nitrogen and oxygen atoms in total. The summed E-state index contributed by atoms with van der Waals surface area (Å²) in [6.45, 7) is 3.88. The minimum Gasteiger partial charge on any atom is -0.468 e. The number of carbonyl (C=O) groups excluding carboxylic acids is 1. The fourth-order valence-electron chi connectivity index (χ4n) is 2.77. The summed E-state index contributed by atoms with van der Waals surface area (Å²) in [5.41, 5.74) is 1.03. The fraction of sp³-hybridized carbons (Fsp3) is 0.733. The van der Waals surface area contributed by atoms with Gasteiger partial charge in [0, 0.05) is 12.7 Å². The Morgan fingerprint density at radius 2 is 2.20 bits per heavy atom. The van der Waals surface area contributed by atoms with Crippen LogP contribution in [0.5, 0.6) is 0 Å². The van der Waals surface area contributed by atoms with Gasteiger partial charge in [-0.1, -0.05) is 26.2 Å². The van der Waals surface area contributed by atoms with Crippen LogP contribution in [0, 0.1) is 0 Å². The molecule has 1 saturated carbocycles. The Bertz CT molecular complexity index is 425. The molecule has 0 unspecified atom stereocenters. The van der Waals surface area contributed by atoms with E-state index < -0.39 is 0 Å². The lowest BCUT2D eigenvalue weighted by Gasteiger charge is -2.22. The van der Waals surface area contributed by atoms with Crippen molar-refractivity contribution in [3.05, 3.63) is 18.0 Å². The van der Waals surface area contributed by atoms with Gasteiger partial charge in [0.25, 0.3) is 0 Å². The van der Waals surface area contributed by atoms with Gasteiger partial charge < -0.3 is 4.74 Å². The second kappa shape index (κ2) is 7.43. The number of ether oxygens (including phenoxy) is 1. The van der Waals surface area contributed by atoms with Gasteiger partial charge in [0.1, 0.15) is 0 Å². The van der Waals surface area contributed by atoms with Gasteiger partial charge in [0.05, 0.1) is 25.4 Å². The van der Waals surface area contributed by atoms with Crippen molar-refractivity contribution in [3.63, 3.8) is 0 Å². The van der Waals surface area contributed by atoms with E-state index in [4.69, 9.17) is 4.74 Å². The highest BCUT2D eigenvalue weighted by Crippen LogP contribution is 2.27. The van der Waals surface area contributed by atoms with Gasteiger partial charge >= 0.3 is 5.97 Å². The van der Waals surface area contributed by atoms with Crippen LogP contribution in [0.2, 0.25) is 0 Å². The first-order valence-electron chi connectivity index (χ1n) is 7.56. The third-order valence-corrected chi connectivity index (χ3v) is 4.03. The van der Waals surface area contributed by atoms with Gasteiger partial charge in [-0.15, -0.1) is 0 Å². The topological polar surface area (TPSA) is 47.4 Å². The van der Waals surface area contributed by atoms with E-state index in [1.807, 2.05) is 11.8 Å². The Morgan fingerprint density at radius 1 is 1.45 bits per heavy atom. The molecule has 5 heteroatoms. The average Bonchev–Trinajstić information content (AvgIpc) is 2.95. The van der Waals surface area contributed by atoms with Crippen LogP contribution < -0.4 is 0 Å². The quantitative estimate of drug-likeness (QED) is 0.750. The highest BCUT2D eigenvalue weighted by Gasteiger charge is 2.17. The second-order valence-corrected chi connectivity index (χ2v) is 5.46. The van der Waals surface area contributed by atoms with Crippen LogP contribution in [0.1, 0.15) is 50.8 Å². The standard InChI is InChI=1S/C15H25N3O2/c1-3-17(12-15(19)20-2)11-13-9-10-18(16-13)14-7-5-4-6-8-14/h9-10,14H,3-8,11-12H2,1-2H3. The molecule has 0 saturated heterocycles. The van der Waals surface area contributed by atoms with E-state index in [2.05, 4.69) is 22.0 Å². The van der Waals surface area contributed by atoms with Gasteiger partial charge in [-0.05, 0) is 25.5 Å². The number of aromatic nitrogens is 2. The number of rotatable bonds is 6. The van der Waals surface area contributed by atoms with Crippen LogP contribution in [0.25, 0.3) is 0 Å². The molecule has 0 radical (unpaired) electrons. The Labute approximate surface area is 120 Å². The number of hydrogen-bond donors (Lipinski definition) is 0. The van der Waals surface area contributed by atoms with Crippen molar-refractivity contribution in [1.82, 2.24) is 14.7 Å². The maximum Gasteiger partial charge on any atom is 0.319 e. The molecule has 1 aliphatic carbocycles. The number of nitrogens with zero attached hydrogens (tertiary/aromatic N) is 3. The summed E-state index contributed by atoms with van der Waals surface area (Å²) in [6.07, 6.45) is 8.53. The molecule has 1 fully saturated rings. The number of methoxy groups -OCH3 is 1. The number of esters is 1. The number of hydrogen-bond acceptors (Lipinski definition) is 4. The molecule has 0 N–H and O–H groups in total. The minimum atomic E-state index is -0.196. The molecule has 112 valence electrons. The monoisotopic (exact) mass is 279 g/mol. The van der Waals surface area contributed by atoms with E-state index >= 15 is 0 Å². The van der Waals surface area contributed by atoms with Crippen molar-refractivity contribution in [2.45, 2.75) is 51.6 Å². The largest absolute Gasteiger partial charge is 0.468 e. The summed E-state index contributed by atoms with van der Waals surface area (Å²) in [5, 5.41) is 4.68. The summed E-state index contributed by atoms with van der Waals surface area (Å²) in [4.78, 5) is 13.4. The van der Waals surface area contributed by atoms with Crippen molar-refractivity contribution in [2.75, 3.05) is 20.2 Å². The first-order chi connectivity index (χ1) is 9.72. The lowest BCUT2D eigenvalue weighted by atomic mass is 9.96. The SMILES string of the molecule is CCN(CC(=O)OC)Cc1ccn(C2CCCCC2)n1. The van der Waals surface area contributed by atoms with E-state index in [-0.39, 0.29) is 5.97 Å². The zero-order valence-electron chi connectivity index (χ0n) is 12.5. The van der Waals surface area contributed by atoms with Crippen LogP contribution >= 0.6 is 0 Å². The molecule has 1 aliphatic rings. The van der Waals surface area contributed by atoms with Crippen LogP contribution in [0.4, 0.5) is 0 Å². The summed E-state index contributed by atoms with van der Waals surface area (Å²) < 4.78 is 6.83. The fourth-order valence-corrected chi connectivity index (χ4v) is 2.77. The highest BCUT2D eigenvalue weighted by atomic mass is 16.5. The van der Waals surface area contributed by atoms with Crippen LogP contribution in [-0.2, 0) is 16.1 Å². The lowest BCUT2D eigenvalue weighted by molar-refractivity contribution is -0.142. The summed E-state index contributed by atoms with van der Waals surface area (Å²) >= 11 is 0. The molecule has 0 atom stereocenters. The van der Waals surface area contributed by atoms with E-state index in [9.17, 15) is 4.79 Å². The molecule has 0 amide bonds. The molecular formula is C15H25N3O2. The van der Waals surface area contributed by atoms with Crippen molar-refractivity contribution < 1.29 is 9.53 Å². The Hall–Kier alpha value is -1.36. The number of carbonyl (C=O) groups is 1. The van der Waals surface area contributed by atoms with E-state index in [0.717, 1.165) is 12.2 Å². The predicted molar refractivity (Wildman–Crippen MR) is 77.3 cm³/mol. The molecular weight excluding hydrogens is 254 g/mol. The molecule has 20 heavy (non-hydrogen) atoms. The predicted octanol–water partition coefficient (Wildman–Crippen LogP) is 2.38. The Balaban J connectivity index is 1.92. The van der Waals surface area contributed by atoms with Gasteiger partial charge in [0.2, 0.25) is 0 Å². The molecule has 1 aromatic rings. The van der Waals surface area contributed by atoms with Crippen molar-refractivity contribution in [2.24, 2.45) is 0 Å². The molecule has 1 aromatic heterocycles. The van der Waals surface area contributed by atoms with Gasteiger partial charge in [-0.25, -0.2) is 0 Å². The van der Waals surface area contributed by atoms with Gasteiger partial charge in [0.15, 0.2) is 0 Å². The first-order valence-corrected chi connectivity index (χ1v) is 7.56. The van der Waals surface area contributed by atoms with Crippen molar-refractivity contribution in [3.8, 4) is 0 Å². The minimum absolute atomic E-state index is 0.196. The van der Waals surface area contributed by atoms with Crippen molar-refractivity contribution >= 4 is 5.97 Å². The lowest BCUT2D eigenvalue weighted by Crippen LogP contribution is -2.30. The Morgan fingerprint density at radius 3 is 2.85 bits per heavy atom. The van der Waals surface area contributed by atoms with Crippen LogP contribution in [-0.4, -0.2) is 40.8 Å². The molecule has 0 aliphatic heterocycles. The second-order valence-electron chi connectivity index (χ2n) is 5.46. The summed E-state index contributed by atoms with van der Waals surface area (Å²) in [6, 6.07) is 2.63. The zero-order chi connectivity index (χ0) is 14.4.